The van der Waals surface area contributed by atoms with Crippen molar-refractivity contribution >= 4 is 15.2 Å². The second-order valence-corrected chi connectivity index (χ2v) is 7.84. The molecule has 0 unspecified atom stereocenters. The van der Waals surface area contributed by atoms with Crippen LogP contribution in [0.25, 0.3) is 0 Å². The van der Waals surface area contributed by atoms with Crippen LogP contribution in [0.1, 0.15) is 11.5 Å². The number of aromatic amines is 1. The highest BCUT2D eigenvalue weighted by Crippen LogP contribution is 2.67. The first-order chi connectivity index (χ1) is 8.47. The molecular formula is C7H14N2O8P2. The van der Waals surface area contributed by atoms with E-state index in [-0.39, 0.29) is 6.61 Å². The highest BCUT2D eigenvalue weighted by atomic mass is 31.2. The lowest BCUT2D eigenvalue weighted by atomic mass is 10.5. The molecule has 0 aliphatic heterocycles. The number of hydrogen-bond donors (Lipinski definition) is 6. The molecule has 0 atom stereocenters. The predicted octanol–water partition coefficient (Wildman–Crippen LogP) is -0.764. The van der Waals surface area contributed by atoms with E-state index in [0.29, 0.717) is 11.5 Å². The van der Waals surface area contributed by atoms with Crippen molar-refractivity contribution in [2.75, 3.05) is 6.61 Å². The fourth-order valence-corrected chi connectivity index (χ4v) is 3.05. The minimum absolute atomic E-state index is 0.271. The summed E-state index contributed by atoms with van der Waals surface area (Å²) in [6.45, 7) is 0.158. The van der Waals surface area contributed by atoms with Crippen LogP contribution in [0.15, 0.2) is 6.20 Å². The Morgan fingerprint density at radius 3 is 2.21 bits per heavy atom. The molecule has 1 aromatic heterocycles. The lowest BCUT2D eigenvalue weighted by Crippen LogP contribution is -2.34. The van der Waals surface area contributed by atoms with Gasteiger partial charge in [0.05, 0.1) is 18.9 Å². The van der Waals surface area contributed by atoms with E-state index in [1.807, 2.05) is 0 Å². The predicted molar refractivity (Wildman–Crippen MR) is 62.0 cm³/mol. The summed E-state index contributed by atoms with van der Waals surface area (Å²) in [5.41, 5.74) is 0.358. The number of aromatic nitrogens is 2. The van der Waals surface area contributed by atoms with E-state index in [0.717, 1.165) is 0 Å². The van der Waals surface area contributed by atoms with Crippen molar-refractivity contribution in [3.05, 3.63) is 17.7 Å². The Bertz CT molecular complexity index is 509. The van der Waals surface area contributed by atoms with Crippen LogP contribution < -0.4 is 0 Å². The summed E-state index contributed by atoms with van der Waals surface area (Å²) in [6, 6.07) is 0. The van der Waals surface area contributed by atoms with Crippen LogP contribution in [0, 0.1) is 6.92 Å². The monoisotopic (exact) mass is 316 g/mol. The van der Waals surface area contributed by atoms with E-state index in [1.165, 1.54) is 6.20 Å². The molecule has 1 aromatic rings. The third-order valence-electron chi connectivity index (χ3n) is 2.24. The molecule has 1 heterocycles. The van der Waals surface area contributed by atoms with Gasteiger partial charge in [-0.05, 0) is 6.92 Å². The molecule has 110 valence electrons. The second kappa shape index (κ2) is 5.43. The number of nitrogens with zero attached hydrogens (tertiary/aromatic N) is 1. The Kier molecular flexibility index (Phi) is 4.71. The minimum atomic E-state index is -5.49. The summed E-state index contributed by atoms with van der Waals surface area (Å²) in [6.07, 6.45) is 1.45. The van der Waals surface area contributed by atoms with Gasteiger partial charge in [-0.25, -0.2) is 4.98 Å². The molecule has 0 saturated heterocycles. The standard InChI is InChI=1S/C7H14N2O8P2/c1-5-8-2-6(9-5)3-17-4-7(10,18(11,12)13)19(14,15)16/h2,10H,3-4H2,1H3,(H,8,9)(H2,11,12,13)(H2,14,15,16). The zero-order valence-electron chi connectivity index (χ0n) is 9.79. The fourth-order valence-electron chi connectivity index (χ4n) is 1.17. The summed E-state index contributed by atoms with van der Waals surface area (Å²) >= 11 is 0. The molecule has 0 spiro atoms. The molecule has 12 heteroatoms. The Morgan fingerprint density at radius 1 is 1.32 bits per heavy atom. The molecule has 6 N–H and O–H groups in total. The number of hydrogen-bond acceptors (Lipinski definition) is 5. The minimum Gasteiger partial charge on any atom is -0.371 e. The van der Waals surface area contributed by atoms with Gasteiger partial charge in [0.25, 0.3) is 5.08 Å². The molecule has 1 rings (SSSR count). The SMILES string of the molecule is Cc1nc(COCC(O)(P(=O)(O)O)P(=O)(O)O)c[nH]1. The van der Waals surface area contributed by atoms with Crippen molar-refractivity contribution in [1.29, 1.82) is 0 Å². The van der Waals surface area contributed by atoms with Gasteiger partial charge in [-0.15, -0.1) is 0 Å². The fraction of sp³-hybridized carbons (Fsp3) is 0.571. The van der Waals surface area contributed by atoms with E-state index in [2.05, 4.69) is 9.97 Å². The molecule has 0 fully saturated rings. The van der Waals surface area contributed by atoms with Crippen LogP contribution in [0.3, 0.4) is 0 Å². The smallest absolute Gasteiger partial charge is 0.371 e. The van der Waals surface area contributed by atoms with Crippen molar-refractivity contribution in [3.63, 3.8) is 0 Å². The van der Waals surface area contributed by atoms with Gasteiger partial charge in [0.2, 0.25) is 0 Å². The molecule has 10 nitrogen and oxygen atoms in total. The van der Waals surface area contributed by atoms with E-state index in [4.69, 9.17) is 24.3 Å². The first-order valence-corrected chi connectivity index (χ1v) is 8.12. The van der Waals surface area contributed by atoms with Crippen molar-refractivity contribution < 1.29 is 38.5 Å². The summed E-state index contributed by atoms with van der Waals surface area (Å²) in [5.74, 6) is 0.568. The van der Waals surface area contributed by atoms with Gasteiger partial charge in [0, 0.05) is 6.20 Å². The first kappa shape index (κ1) is 16.5. The molecule has 0 radical (unpaired) electrons. The third-order valence-corrected chi connectivity index (χ3v) is 5.93. The number of aryl methyl sites for hydroxylation is 1. The summed E-state index contributed by atoms with van der Waals surface area (Å²) in [5, 5.41) is 5.92. The van der Waals surface area contributed by atoms with Gasteiger partial charge in [-0.2, -0.15) is 0 Å². The van der Waals surface area contributed by atoms with Crippen LogP contribution in [0.4, 0.5) is 0 Å². The van der Waals surface area contributed by atoms with E-state index < -0.39 is 26.9 Å². The van der Waals surface area contributed by atoms with Crippen LogP contribution in [0.2, 0.25) is 0 Å². The van der Waals surface area contributed by atoms with Crippen LogP contribution in [-0.2, 0) is 20.5 Å². The third kappa shape index (κ3) is 3.71. The molecule has 0 bridgehead atoms. The topological polar surface area (TPSA) is 173 Å². The molecule has 0 aliphatic carbocycles. The maximum Gasteiger partial charge on any atom is 0.371 e. The molecular weight excluding hydrogens is 302 g/mol. The summed E-state index contributed by atoms with van der Waals surface area (Å²) < 4.78 is 26.7. The first-order valence-electron chi connectivity index (χ1n) is 4.89. The van der Waals surface area contributed by atoms with Crippen molar-refractivity contribution in [3.8, 4) is 0 Å². The lowest BCUT2D eigenvalue weighted by molar-refractivity contribution is 0.0169. The van der Waals surface area contributed by atoms with Gasteiger partial charge in [-0.3, -0.25) is 9.13 Å². The molecule has 0 saturated carbocycles. The lowest BCUT2D eigenvalue weighted by Gasteiger charge is -2.28. The number of ether oxygens (including phenoxy) is 1. The highest BCUT2D eigenvalue weighted by Gasteiger charge is 2.59. The maximum atomic E-state index is 11.0. The number of aliphatic hydroxyl groups is 1. The average Bonchev–Trinajstić information content (AvgIpc) is 2.60. The molecule has 0 amide bonds. The van der Waals surface area contributed by atoms with Gasteiger partial charge < -0.3 is 34.4 Å². The van der Waals surface area contributed by atoms with Gasteiger partial charge in [0.15, 0.2) is 0 Å². The number of H-pyrrole nitrogens is 1. The van der Waals surface area contributed by atoms with E-state index in [9.17, 15) is 14.2 Å². The van der Waals surface area contributed by atoms with Crippen molar-refractivity contribution in [2.45, 2.75) is 18.6 Å². The van der Waals surface area contributed by atoms with Gasteiger partial charge in [-0.1, -0.05) is 0 Å². The Labute approximate surface area is 107 Å². The van der Waals surface area contributed by atoms with Gasteiger partial charge >= 0.3 is 15.2 Å². The van der Waals surface area contributed by atoms with Crippen LogP contribution >= 0.6 is 15.2 Å². The van der Waals surface area contributed by atoms with Crippen molar-refractivity contribution in [2.24, 2.45) is 0 Å². The Morgan fingerprint density at radius 2 is 1.84 bits per heavy atom. The molecule has 0 aromatic carbocycles. The highest BCUT2D eigenvalue weighted by molar-refractivity contribution is 7.72. The largest absolute Gasteiger partial charge is 0.371 e. The summed E-state index contributed by atoms with van der Waals surface area (Å²) in [7, 11) is -11.0. The number of nitrogens with one attached hydrogen (secondary N) is 1. The number of imidazole rings is 1. The second-order valence-electron chi connectivity index (χ2n) is 3.83. The molecule has 19 heavy (non-hydrogen) atoms. The summed E-state index contributed by atoms with van der Waals surface area (Å²) in [4.78, 5) is 42.0. The molecule has 0 aliphatic rings. The quantitative estimate of drug-likeness (QED) is 0.368. The van der Waals surface area contributed by atoms with E-state index in [1.54, 1.807) is 6.92 Å². The normalized spacial score (nSPS) is 13.8. The van der Waals surface area contributed by atoms with Crippen LogP contribution in [-0.4, -0.2) is 46.3 Å². The number of rotatable bonds is 6. The van der Waals surface area contributed by atoms with Crippen LogP contribution in [0.5, 0.6) is 0 Å². The van der Waals surface area contributed by atoms with Gasteiger partial charge in [0.1, 0.15) is 5.82 Å². The zero-order chi connectivity index (χ0) is 14.9. The van der Waals surface area contributed by atoms with E-state index >= 15 is 0 Å². The Balaban J connectivity index is 2.76. The van der Waals surface area contributed by atoms with Crippen molar-refractivity contribution in [1.82, 2.24) is 9.97 Å². The Hall–Kier alpha value is -0.570. The average molecular weight is 316 g/mol. The zero-order valence-corrected chi connectivity index (χ0v) is 11.6. The maximum absolute atomic E-state index is 11.0.